The number of esters is 1. The van der Waals surface area contributed by atoms with E-state index >= 15 is 0 Å². The van der Waals surface area contributed by atoms with Crippen LogP contribution in [0.25, 0.3) is 0 Å². The number of carbonyl (C=O) groups is 1. The zero-order chi connectivity index (χ0) is 12.4. The third-order valence-electron chi connectivity index (χ3n) is 3.57. The van der Waals surface area contributed by atoms with Crippen LogP contribution < -0.4 is 0 Å². The van der Waals surface area contributed by atoms with Gasteiger partial charge in [-0.2, -0.15) is 0 Å². The summed E-state index contributed by atoms with van der Waals surface area (Å²) in [4.78, 5) is 11.7. The summed E-state index contributed by atoms with van der Waals surface area (Å²) >= 11 is 0. The minimum Gasteiger partial charge on any atom is -0.465 e. The molecular formula is C15H20O2. The number of carbonyl (C=O) groups excluding carboxylic acids is 1. The zero-order valence-corrected chi connectivity index (χ0v) is 10.8. The summed E-state index contributed by atoms with van der Waals surface area (Å²) < 4.78 is 5.30. The van der Waals surface area contributed by atoms with E-state index in [1.165, 1.54) is 12.0 Å². The van der Waals surface area contributed by atoms with Gasteiger partial charge >= 0.3 is 5.97 Å². The number of hydrogen-bond donors (Lipinski definition) is 0. The molecule has 0 radical (unpaired) electrons. The molecule has 0 N–H and O–H groups in total. The zero-order valence-electron chi connectivity index (χ0n) is 10.8. The molecule has 1 aromatic carbocycles. The minimum atomic E-state index is -0.0993. The van der Waals surface area contributed by atoms with Gasteiger partial charge in [0.25, 0.3) is 0 Å². The molecule has 0 aromatic heterocycles. The lowest BCUT2D eigenvalue weighted by Crippen LogP contribution is -2.11. The summed E-state index contributed by atoms with van der Waals surface area (Å²) in [6.45, 7) is 6.87. The lowest BCUT2D eigenvalue weighted by atomic mass is 10.0. The fraction of sp³-hybridized carbons (Fsp3) is 0.533. The molecule has 1 saturated carbocycles. The van der Waals surface area contributed by atoms with Crippen LogP contribution in [-0.4, -0.2) is 12.6 Å². The molecule has 0 bridgehead atoms. The molecule has 17 heavy (non-hydrogen) atoms. The molecule has 1 fully saturated rings. The van der Waals surface area contributed by atoms with Crippen molar-refractivity contribution < 1.29 is 9.53 Å². The van der Waals surface area contributed by atoms with E-state index in [4.69, 9.17) is 4.74 Å². The Bertz CT molecular complexity index is 423. The van der Waals surface area contributed by atoms with Gasteiger partial charge in [-0.1, -0.05) is 30.7 Å². The highest BCUT2D eigenvalue weighted by Gasteiger charge is 2.33. The fourth-order valence-corrected chi connectivity index (χ4v) is 2.03. The Morgan fingerprint density at radius 3 is 2.76 bits per heavy atom. The summed E-state index contributed by atoms with van der Waals surface area (Å²) in [5.41, 5.74) is 3.43. The predicted octanol–water partition coefficient (Wildman–Crippen LogP) is 3.05. The monoisotopic (exact) mass is 232 g/mol. The summed E-state index contributed by atoms with van der Waals surface area (Å²) in [6.07, 6.45) is 1.60. The Balaban J connectivity index is 1.86. The average Bonchev–Trinajstić information content (AvgIpc) is 2.97. The van der Waals surface area contributed by atoms with E-state index < -0.39 is 0 Å². The van der Waals surface area contributed by atoms with E-state index in [2.05, 4.69) is 25.1 Å². The van der Waals surface area contributed by atoms with Crippen LogP contribution in [0.2, 0.25) is 0 Å². The van der Waals surface area contributed by atoms with Gasteiger partial charge < -0.3 is 4.74 Å². The highest BCUT2D eigenvalue weighted by Crippen LogP contribution is 2.37. The van der Waals surface area contributed by atoms with Crippen LogP contribution in [-0.2, 0) is 16.0 Å². The van der Waals surface area contributed by atoms with Crippen molar-refractivity contribution in [1.29, 1.82) is 0 Å². The molecule has 2 atom stereocenters. The second-order valence-corrected chi connectivity index (χ2v) is 5.26. The largest absolute Gasteiger partial charge is 0.465 e. The van der Waals surface area contributed by atoms with Gasteiger partial charge in [-0.3, -0.25) is 4.79 Å². The van der Waals surface area contributed by atoms with Crippen LogP contribution >= 0.6 is 0 Å². The molecule has 0 saturated heterocycles. The van der Waals surface area contributed by atoms with Crippen LogP contribution in [0.15, 0.2) is 18.2 Å². The fourth-order valence-electron chi connectivity index (χ4n) is 2.03. The van der Waals surface area contributed by atoms with E-state index in [0.717, 1.165) is 17.0 Å². The molecule has 2 heteroatoms. The molecule has 2 unspecified atom stereocenters. The van der Waals surface area contributed by atoms with E-state index in [0.29, 0.717) is 18.9 Å². The summed E-state index contributed by atoms with van der Waals surface area (Å²) in [6, 6.07) is 6.19. The van der Waals surface area contributed by atoms with Gasteiger partial charge in [0, 0.05) is 0 Å². The lowest BCUT2D eigenvalue weighted by molar-refractivity contribution is -0.143. The van der Waals surface area contributed by atoms with E-state index in [-0.39, 0.29) is 5.97 Å². The Labute approximate surface area is 103 Å². The number of rotatable bonds is 4. The van der Waals surface area contributed by atoms with Gasteiger partial charge in [-0.25, -0.2) is 0 Å². The van der Waals surface area contributed by atoms with Crippen molar-refractivity contribution >= 4 is 5.97 Å². The highest BCUT2D eigenvalue weighted by molar-refractivity contribution is 5.73. The molecule has 0 amide bonds. The van der Waals surface area contributed by atoms with Gasteiger partial charge in [0.1, 0.15) is 0 Å². The van der Waals surface area contributed by atoms with Gasteiger partial charge in [-0.15, -0.1) is 0 Å². The quantitative estimate of drug-likeness (QED) is 0.746. The molecule has 1 aliphatic carbocycles. The van der Waals surface area contributed by atoms with E-state index in [1.54, 1.807) is 0 Å². The summed E-state index contributed by atoms with van der Waals surface area (Å²) in [5.74, 6) is 1.25. The van der Waals surface area contributed by atoms with Gasteiger partial charge in [0.2, 0.25) is 0 Å². The van der Waals surface area contributed by atoms with Crippen molar-refractivity contribution in [1.82, 2.24) is 0 Å². The lowest BCUT2D eigenvalue weighted by Gasteiger charge is -2.07. The van der Waals surface area contributed by atoms with Crippen molar-refractivity contribution in [2.45, 2.75) is 33.6 Å². The van der Waals surface area contributed by atoms with Gasteiger partial charge in [0.15, 0.2) is 0 Å². The third-order valence-corrected chi connectivity index (χ3v) is 3.57. The molecule has 0 aliphatic heterocycles. The Kier molecular flexibility index (Phi) is 3.51. The van der Waals surface area contributed by atoms with Gasteiger partial charge in [-0.05, 0) is 43.2 Å². The first-order chi connectivity index (χ1) is 8.06. The van der Waals surface area contributed by atoms with Gasteiger partial charge in [0.05, 0.1) is 13.0 Å². The molecule has 0 spiro atoms. The third kappa shape index (κ3) is 3.32. The molecule has 2 nitrogen and oxygen atoms in total. The maximum Gasteiger partial charge on any atom is 0.310 e. The van der Waals surface area contributed by atoms with E-state index in [1.807, 2.05) is 13.8 Å². The number of benzene rings is 1. The molecule has 2 rings (SSSR count). The first-order valence-corrected chi connectivity index (χ1v) is 6.28. The molecule has 1 aliphatic rings. The van der Waals surface area contributed by atoms with Crippen LogP contribution in [0.5, 0.6) is 0 Å². The first-order valence-electron chi connectivity index (χ1n) is 6.28. The number of aryl methyl sites for hydroxylation is 2. The topological polar surface area (TPSA) is 26.3 Å². The molecule has 0 heterocycles. The molecular weight excluding hydrogens is 212 g/mol. The maximum absolute atomic E-state index is 11.7. The number of hydrogen-bond acceptors (Lipinski definition) is 2. The highest BCUT2D eigenvalue weighted by atomic mass is 16.5. The smallest absolute Gasteiger partial charge is 0.310 e. The minimum absolute atomic E-state index is 0.0993. The molecule has 92 valence electrons. The SMILES string of the molecule is Cc1ccc(C)c(CC(=O)OCC2CC2C)c1. The second kappa shape index (κ2) is 4.91. The normalized spacial score (nSPS) is 22.3. The van der Waals surface area contributed by atoms with Crippen LogP contribution in [0, 0.1) is 25.7 Å². The second-order valence-electron chi connectivity index (χ2n) is 5.26. The van der Waals surface area contributed by atoms with Crippen LogP contribution in [0.4, 0.5) is 0 Å². The summed E-state index contributed by atoms with van der Waals surface area (Å²) in [7, 11) is 0. The number of ether oxygens (including phenoxy) is 1. The Hall–Kier alpha value is -1.31. The van der Waals surface area contributed by atoms with Crippen LogP contribution in [0.3, 0.4) is 0 Å². The van der Waals surface area contributed by atoms with Crippen molar-refractivity contribution in [2.75, 3.05) is 6.61 Å². The predicted molar refractivity (Wildman–Crippen MR) is 67.9 cm³/mol. The standard InChI is InChI=1S/C15H20O2/c1-10-4-5-11(2)13(6-10)8-15(16)17-9-14-7-12(14)3/h4-6,12,14H,7-9H2,1-3H3. The Morgan fingerprint density at radius 1 is 1.41 bits per heavy atom. The maximum atomic E-state index is 11.7. The summed E-state index contributed by atoms with van der Waals surface area (Å²) in [5, 5.41) is 0. The van der Waals surface area contributed by atoms with Crippen molar-refractivity contribution in [3.63, 3.8) is 0 Å². The van der Waals surface area contributed by atoms with Crippen LogP contribution in [0.1, 0.15) is 30.0 Å². The van der Waals surface area contributed by atoms with Crippen molar-refractivity contribution in [3.05, 3.63) is 34.9 Å². The first kappa shape index (κ1) is 12.2. The Morgan fingerprint density at radius 2 is 2.12 bits per heavy atom. The van der Waals surface area contributed by atoms with E-state index in [9.17, 15) is 4.79 Å². The van der Waals surface area contributed by atoms with Crippen molar-refractivity contribution in [3.8, 4) is 0 Å². The molecule has 1 aromatic rings. The van der Waals surface area contributed by atoms with Crippen molar-refractivity contribution in [2.24, 2.45) is 11.8 Å². The average molecular weight is 232 g/mol.